The second-order valence-electron chi connectivity index (χ2n) is 2.07. The molecular weight excluding hydrogens is 182 g/mol. The molecule has 0 aromatic carbocycles. The highest BCUT2D eigenvalue weighted by Gasteiger charge is 2.12. The van der Waals surface area contributed by atoms with Gasteiger partial charge in [0.15, 0.2) is 0 Å². The maximum atomic E-state index is 8.73. The zero-order valence-corrected chi connectivity index (χ0v) is 6.69. The lowest BCUT2D eigenvalue weighted by molar-refractivity contribution is 0.261. The summed E-state index contributed by atoms with van der Waals surface area (Å²) in [5.41, 5.74) is 0. The number of nitrogens with one attached hydrogen (secondary N) is 1. The lowest BCUT2D eigenvalue weighted by atomic mass is 10.2. The van der Waals surface area contributed by atoms with Gasteiger partial charge in [0.1, 0.15) is 0 Å². The molecule has 0 saturated carbocycles. The fourth-order valence-electron chi connectivity index (χ4n) is 0.859. The van der Waals surface area contributed by atoms with Crippen molar-refractivity contribution >= 4 is 15.9 Å². The first-order valence-corrected chi connectivity index (χ1v) is 3.83. The van der Waals surface area contributed by atoms with Gasteiger partial charge in [-0.05, 0) is 13.0 Å². The molecule has 0 aliphatic carbocycles. The number of halogens is 1. The zero-order chi connectivity index (χ0) is 6.69. The third-order valence-electron chi connectivity index (χ3n) is 1.39. The largest absolute Gasteiger partial charge is 0.394 e. The predicted molar refractivity (Wildman–Crippen MR) is 40.5 cm³/mol. The number of hydrogen-bond donors (Lipinski definition) is 2. The van der Waals surface area contributed by atoms with Crippen LogP contribution < -0.4 is 5.32 Å². The molecule has 0 radical (unpaired) electrons. The molecule has 0 spiro atoms. The van der Waals surface area contributed by atoms with Crippen LogP contribution in [-0.2, 0) is 0 Å². The average Bonchev–Trinajstić information content (AvgIpc) is 1.89. The quantitative estimate of drug-likeness (QED) is 0.638. The second-order valence-corrected chi connectivity index (χ2v) is 2.98. The molecule has 1 rings (SSSR count). The van der Waals surface area contributed by atoms with Gasteiger partial charge in [-0.15, -0.1) is 0 Å². The summed E-state index contributed by atoms with van der Waals surface area (Å²) in [6.07, 6.45) is 3.15. The molecule has 0 fully saturated rings. The zero-order valence-electron chi connectivity index (χ0n) is 5.10. The molecular formula is C6H10BrNO. The van der Waals surface area contributed by atoms with Gasteiger partial charge in [0.2, 0.25) is 0 Å². The number of aliphatic hydroxyl groups excluding tert-OH is 1. The first-order valence-electron chi connectivity index (χ1n) is 3.04. The van der Waals surface area contributed by atoms with Crippen molar-refractivity contribution in [2.24, 2.45) is 0 Å². The number of hydrogen-bond acceptors (Lipinski definition) is 2. The van der Waals surface area contributed by atoms with Crippen LogP contribution in [0.3, 0.4) is 0 Å². The first-order chi connectivity index (χ1) is 4.34. The van der Waals surface area contributed by atoms with E-state index in [1.165, 1.54) is 0 Å². The molecule has 1 heterocycles. The van der Waals surface area contributed by atoms with Gasteiger partial charge in [0, 0.05) is 4.48 Å². The first kappa shape index (κ1) is 7.25. The van der Waals surface area contributed by atoms with Crippen molar-refractivity contribution in [2.75, 3.05) is 13.2 Å². The van der Waals surface area contributed by atoms with Gasteiger partial charge in [-0.3, -0.25) is 0 Å². The lowest BCUT2D eigenvalue weighted by Crippen LogP contribution is -2.35. The van der Waals surface area contributed by atoms with Gasteiger partial charge < -0.3 is 10.4 Å². The predicted octanol–water partition coefficient (Wildman–Crippen LogP) is 0.619. The van der Waals surface area contributed by atoms with Crippen molar-refractivity contribution in [2.45, 2.75) is 12.5 Å². The van der Waals surface area contributed by atoms with Gasteiger partial charge in [-0.1, -0.05) is 22.0 Å². The molecule has 1 atom stereocenters. The van der Waals surface area contributed by atoms with Crippen molar-refractivity contribution in [3.63, 3.8) is 0 Å². The highest BCUT2D eigenvalue weighted by atomic mass is 79.9. The van der Waals surface area contributed by atoms with Crippen LogP contribution in [0.5, 0.6) is 0 Å². The molecule has 9 heavy (non-hydrogen) atoms. The van der Waals surface area contributed by atoms with Crippen LogP contribution in [0.1, 0.15) is 6.42 Å². The van der Waals surface area contributed by atoms with E-state index in [1.54, 1.807) is 0 Å². The van der Waals surface area contributed by atoms with Crippen LogP contribution in [0.15, 0.2) is 10.6 Å². The van der Waals surface area contributed by atoms with E-state index in [0.29, 0.717) is 0 Å². The molecule has 52 valence electrons. The minimum absolute atomic E-state index is 0.138. The van der Waals surface area contributed by atoms with E-state index in [2.05, 4.69) is 27.3 Å². The van der Waals surface area contributed by atoms with Crippen LogP contribution >= 0.6 is 15.9 Å². The van der Waals surface area contributed by atoms with Crippen molar-refractivity contribution in [1.82, 2.24) is 5.32 Å². The Morgan fingerprint density at radius 3 is 3.11 bits per heavy atom. The molecule has 0 amide bonds. The fourth-order valence-corrected chi connectivity index (χ4v) is 1.39. The molecule has 3 heteroatoms. The molecule has 0 bridgehead atoms. The summed E-state index contributed by atoms with van der Waals surface area (Å²) in [5.74, 6) is 0. The average molecular weight is 192 g/mol. The molecule has 1 aliphatic rings. The third kappa shape index (κ3) is 1.78. The SMILES string of the molecule is OCC1NCCC=C1Br. The molecule has 2 N–H and O–H groups in total. The van der Waals surface area contributed by atoms with E-state index in [0.717, 1.165) is 17.4 Å². The van der Waals surface area contributed by atoms with Gasteiger partial charge in [-0.25, -0.2) is 0 Å². The highest BCUT2D eigenvalue weighted by molar-refractivity contribution is 9.11. The van der Waals surface area contributed by atoms with Gasteiger partial charge >= 0.3 is 0 Å². The topological polar surface area (TPSA) is 32.3 Å². The normalized spacial score (nSPS) is 27.8. The Balaban J connectivity index is 2.50. The Morgan fingerprint density at radius 2 is 2.67 bits per heavy atom. The van der Waals surface area contributed by atoms with Gasteiger partial charge in [0.05, 0.1) is 12.6 Å². The van der Waals surface area contributed by atoms with E-state index in [9.17, 15) is 0 Å². The summed E-state index contributed by atoms with van der Waals surface area (Å²) in [7, 11) is 0. The van der Waals surface area contributed by atoms with E-state index >= 15 is 0 Å². The number of rotatable bonds is 1. The second kappa shape index (κ2) is 3.34. The van der Waals surface area contributed by atoms with Crippen molar-refractivity contribution in [1.29, 1.82) is 0 Å². The van der Waals surface area contributed by atoms with Crippen LogP contribution in [0.4, 0.5) is 0 Å². The molecule has 1 unspecified atom stereocenters. The molecule has 0 aromatic heterocycles. The number of aliphatic hydroxyl groups is 1. The van der Waals surface area contributed by atoms with Gasteiger partial charge in [0.25, 0.3) is 0 Å². The lowest BCUT2D eigenvalue weighted by Gasteiger charge is -2.19. The molecule has 2 nitrogen and oxygen atoms in total. The Hall–Kier alpha value is 0.140. The van der Waals surface area contributed by atoms with Crippen LogP contribution in [0, 0.1) is 0 Å². The summed E-state index contributed by atoms with van der Waals surface area (Å²) in [5, 5.41) is 11.9. The molecule has 0 aromatic rings. The summed E-state index contributed by atoms with van der Waals surface area (Å²) in [6, 6.07) is 0.138. The van der Waals surface area contributed by atoms with Crippen LogP contribution in [-0.4, -0.2) is 24.3 Å². The van der Waals surface area contributed by atoms with Crippen molar-refractivity contribution in [3.8, 4) is 0 Å². The Bertz CT molecular complexity index is 124. The van der Waals surface area contributed by atoms with E-state index in [-0.39, 0.29) is 12.6 Å². The Labute approximate surface area is 63.1 Å². The summed E-state index contributed by atoms with van der Waals surface area (Å²) >= 11 is 3.35. The van der Waals surface area contributed by atoms with E-state index in [4.69, 9.17) is 5.11 Å². The smallest absolute Gasteiger partial charge is 0.0631 e. The van der Waals surface area contributed by atoms with Crippen molar-refractivity contribution in [3.05, 3.63) is 10.6 Å². The van der Waals surface area contributed by atoms with Crippen LogP contribution in [0.2, 0.25) is 0 Å². The van der Waals surface area contributed by atoms with Gasteiger partial charge in [-0.2, -0.15) is 0 Å². The van der Waals surface area contributed by atoms with Crippen molar-refractivity contribution < 1.29 is 5.11 Å². The molecule has 1 aliphatic heterocycles. The fraction of sp³-hybridized carbons (Fsp3) is 0.667. The minimum Gasteiger partial charge on any atom is -0.394 e. The van der Waals surface area contributed by atoms with Crippen LogP contribution in [0.25, 0.3) is 0 Å². The van der Waals surface area contributed by atoms with E-state index in [1.807, 2.05) is 0 Å². The Kier molecular flexibility index (Phi) is 2.69. The maximum absolute atomic E-state index is 8.73. The Morgan fingerprint density at radius 1 is 1.89 bits per heavy atom. The summed E-state index contributed by atoms with van der Waals surface area (Å²) in [4.78, 5) is 0. The van der Waals surface area contributed by atoms with E-state index < -0.39 is 0 Å². The maximum Gasteiger partial charge on any atom is 0.0631 e. The highest BCUT2D eigenvalue weighted by Crippen LogP contribution is 2.14. The molecule has 0 saturated heterocycles. The monoisotopic (exact) mass is 191 g/mol. The summed E-state index contributed by atoms with van der Waals surface area (Å²) < 4.78 is 1.08. The standard InChI is InChI=1S/C6H10BrNO/c7-5-2-1-3-8-6(5)4-9/h2,6,8-9H,1,3-4H2. The minimum atomic E-state index is 0.138. The summed E-state index contributed by atoms with van der Waals surface area (Å²) in [6.45, 7) is 1.15. The third-order valence-corrected chi connectivity index (χ3v) is 2.27.